The number of amides is 1. The molecule has 3 N–H and O–H groups in total. The second-order valence-electron chi connectivity index (χ2n) is 3.97. The number of likely N-dealkylation sites (tertiary alicyclic amines) is 1. The smallest absolute Gasteiger partial charge is 0.254 e. The number of benzene rings is 1. The Balaban J connectivity index is 2.20. The minimum atomic E-state index is -0.416. The van der Waals surface area contributed by atoms with E-state index in [0.717, 1.165) is 0 Å². The summed E-state index contributed by atoms with van der Waals surface area (Å²) in [6.45, 7) is 0.956. The molecule has 0 aromatic heterocycles. The Morgan fingerprint density at radius 3 is 2.81 bits per heavy atom. The fraction of sp³-hybridized carbons (Fsp3) is 0.364. The Bertz CT molecular complexity index is 402. The number of nitrogens with two attached hydrogens (primary N) is 1. The van der Waals surface area contributed by atoms with Crippen LogP contribution in [0.15, 0.2) is 18.2 Å². The molecule has 1 aliphatic rings. The van der Waals surface area contributed by atoms with Crippen molar-refractivity contribution in [1.82, 2.24) is 4.90 Å². The number of hydrogen-bond donors (Lipinski definition) is 2. The van der Waals surface area contributed by atoms with Crippen LogP contribution in [-0.2, 0) is 0 Å². The molecule has 1 aliphatic heterocycles. The van der Waals surface area contributed by atoms with Crippen LogP contribution in [0, 0.1) is 0 Å². The van der Waals surface area contributed by atoms with Crippen LogP contribution in [0.4, 0.5) is 5.69 Å². The Kier molecular flexibility index (Phi) is 3.03. The second kappa shape index (κ2) is 4.31. The van der Waals surface area contributed by atoms with Crippen molar-refractivity contribution in [3.63, 3.8) is 0 Å². The van der Waals surface area contributed by atoms with E-state index in [1.54, 1.807) is 23.1 Å². The van der Waals surface area contributed by atoms with Crippen LogP contribution in [0.5, 0.6) is 0 Å². The molecule has 0 spiro atoms. The zero-order valence-corrected chi connectivity index (χ0v) is 9.44. The third-order valence-electron chi connectivity index (χ3n) is 2.62. The van der Waals surface area contributed by atoms with E-state index in [1.165, 1.54) is 0 Å². The molecule has 1 amide bonds. The SMILES string of the molecule is Nc1cc(Cl)cc(C(=O)N2CC[C@H](O)C2)c1. The van der Waals surface area contributed by atoms with E-state index in [2.05, 4.69) is 0 Å². The molecule has 2 rings (SSSR count). The summed E-state index contributed by atoms with van der Waals surface area (Å²) in [6, 6.07) is 4.78. The van der Waals surface area contributed by atoms with Gasteiger partial charge in [-0.2, -0.15) is 0 Å². The third-order valence-corrected chi connectivity index (χ3v) is 2.84. The van der Waals surface area contributed by atoms with Gasteiger partial charge in [0.2, 0.25) is 0 Å². The van der Waals surface area contributed by atoms with Crippen molar-refractivity contribution in [2.75, 3.05) is 18.8 Å². The van der Waals surface area contributed by atoms with Crippen molar-refractivity contribution in [1.29, 1.82) is 0 Å². The topological polar surface area (TPSA) is 66.6 Å². The predicted octanol–water partition coefficient (Wildman–Crippen LogP) is 1.13. The van der Waals surface area contributed by atoms with Gasteiger partial charge in [0.25, 0.3) is 5.91 Å². The molecule has 0 radical (unpaired) electrons. The molecular formula is C11H13ClN2O2. The first-order valence-corrected chi connectivity index (χ1v) is 5.47. The number of rotatable bonds is 1. The van der Waals surface area contributed by atoms with Gasteiger partial charge >= 0.3 is 0 Å². The highest BCUT2D eigenvalue weighted by Crippen LogP contribution is 2.20. The zero-order valence-electron chi connectivity index (χ0n) is 8.69. The van der Waals surface area contributed by atoms with Gasteiger partial charge in [-0.25, -0.2) is 0 Å². The molecule has 1 aromatic rings. The highest BCUT2D eigenvalue weighted by atomic mass is 35.5. The maximum atomic E-state index is 12.0. The van der Waals surface area contributed by atoms with E-state index in [9.17, 15) is 9.90 Å². The number of nitrogen functional groups attached to an aromatic ring is 1. The van der Waals surface area contributed by atoms with Crippen LogP contribution in [0.1, 0.15) is 16.8 Å². The highest BCUT2D eigenvalue weighted by Gasteiger charge is 2.25. The summed E-state index contributed by atoms with van der Waals surface area (Å²) in [5.41, 5.74) is 6.56. The van der Waals surface area contributed by atoms with E-state index in [0.29, 0.717) is 35.8 Å². The Morgan fingerprint density at radius 1 is 1.50 bits per heavy atom. The number of β-amino-alcohol motifs (C(OH)–C–C–N with tert-alkyl or cyclic N) is 1. The Hall–Kier alpha value is -1.26. The molecule has 4 nitrogen and oxygen atoms in total. The average molecular weight is 241 g/mol. The van der Waals surface area contributed by atoms with Gasteiger partial charge in [-0.1, -0.05) is 11.6 Å². The first-order valence-electron chi connectivity index (χ1n) is 5.09. The van der Waals surface area contributed by atoms with E-state index in [-0.39, 0.29) is 5.91 Å². The van der Waals surface area contributed by atoms with Gasteiger partial charge in [0.05, 0.1) is 6.10 Å². The lowest BCUT2D eigenvalue weighted by Gasteiger charge is -2.15. The molecule has 0 unspecified atom stereocenters. The van der Waals surface area contributed by atoms with E-state index in [4.69, 9.17) is 17.3 Å². The van der Waals surface area contributed by atoms with Gasteiger partial charge < -0.3 is 15.7 Å². The second-order valence-corrected chi connectivity index (χ2v) is 4.40. The molecule has 0 saturated carbocycles. The van der Waals surface area contributed by atoms with Crippen LogP contribution in [0.2, 0.25) is 5.02 Å². The number of hydrogen-bond acceptors (Lipinski definition) is 3. The van der Waals surface area contributed by atoms with Crippen LogP contribution < -0.4 is 5.73 Å². The van der Waals surface area contributed by atoms with Gasteiger partial charge in [0, 0.05) is 29.4 Å². The lowest BCUT2D eigenvalue weighted by molar-refractivity contribution is 0.0765. The van der Waals surface area contributed by atoms with Crippen molar-refractivity contribution >= 4 is 23.2 Å². The van der Waals surface area contributed by atoms with Crippen molar-refractivity contribution in [2.45, 2.75) is 12.5 Å². The normalized spacial score (nSPS) is 20.1. The summed E-state index contributed by atoms with van der Waals surface area (Å²) < 4.78 is 0. The van der Waals surface area contributed by atoms with Crippen LogP contribution in [0.3, 0.4) is 0 Å². The summed E-state index contributed by atoms with van der Waals surface area (Å²) in [5, 5.41) is 9.81. The van der Waals surface area contributed by atoms with Crippen LogP contribution in [0.25, 0.3) is 0 Å². The number of halogens is 1. The molecule has 1 fully saturated rings. The molecule has 1 aromatic carbocycles. The first-order chi connectivity index (χ1) is 7.56. The van der Waals surface area contributed by atoms with Crippen LogP contribution >= 0.6 is 11.6 Å². The average Bonchev–Trinajstić information content (AvgIpc) is 2.62. The molecule has 5 heteroatoms. The lowest BCUT2D eigenvalue weighted by atomic mass is 10.2. The number of aliphatic hydroxyl groups excluding tert-OH is 1. The highest BCUT2D eigenvalue weighted by molar-refractivity contribution is 6.31. The van der Waals surface area contributed by atoms with Gasteiger partial charge in [-0.15, -0.1) is 0 Å². The maximum absolute atomic E-state index is 12.0. The number of aliphatic hydroxyl groups is 1. The number of anilines is 1. The van der Waals surface area contributed by atoms with Crippen LogP contribution in [-0.4, -0.2) is 35.1 Å². The summed E-state index contributed by atoms with van der Waals surface area (Å²) >= 11 is 5.83. The standard InChI is InChI=1S/C11H13ClN2O2/c12-8-3-7(4-9(13)5-8)11(16)14-2-1-10(15)6-14/h3-5,10,15H,1-2,6,13H2/t10-/m0/s1. The summed E-state index contributed by atoms with van der Waals surface area (Å²) in [7, 11) is 0. The van der Waals surface area contributed by atoms with Gasteiger partial charge in [-0.3, -0.25) is 4.79 Å². The maximum Gasteiger partial charge on any atom is 0.254 e. The molecular weight excluding hydrogens is 228 g/mol. The van der Waals surface area contributed by atoms with E-state index in [1.807, 2.05) is 0 Å². The molecule has 0 aliphatic carbocycles. The molecule has 1 atom stereocenters. The molecule has 1 heterocycles. The predicted molar refractivity (Wildman–Crippen MR) is 62.4 cm³/mol. The molecule has 16 heavy (non-hydrogen) atoms. The van der Waals surface area contributed by atoms with Gasteiger partial charge in [-0.05, 0) is 24.6 Å². The van der Waals surface area contributed by atoms with Crippen molar-refractivity contribution < 1.29 is 9.90 Å². The van der Waals surface area contributed by atoms with E-state index >= 15 is 0 Å². The molecule has 1 saturated heterocycles. The lowest BCUT2D eigenvalue weighted by Crippen LogP contribution is -2.29. The monoisotopic (exact) mass is 240 g/mol. The summed E-state index contributed by atoms with van der Waals surface area (Å²) in [4.78, 5) is 13.6. The largest absolute Gasteiger partial charge is 0.399 e. The van der Waals surface area contributed by atoms with Gasteiger partial charge in [0.1, 0.15) is 0 Å². The Morgan fingerprint density at radius 2 is 2.25 bits per heavy atom. The first kappa shape index (κ1) is 11.2. The van der Waals surface area contributed by atoms with Crippen molar-refractivity contribution in [3.8, 4) is 0 Å². The third kappa shape index (κ3) is 2.28. The minimum Gasteiger partial charge on any atom is -0.399 e. The fourth-order valence-corrected chi connectivity index (χ4v) is 2.09. The Labute approximate surface area is 98.6 Å². The number of carbonyl (C=O) groups excluding carboxylic acids is 1. The minimum absolute atomic E-state index is 0.134. The van der Waals surface area contributed by atoms with E-state index < -0.39 is 6.10 Å². The fourth-order valence-electron chi connectivity index (χ4n) is 1.84. The summed E-state index contributed by atoms with van der Waals surface area (Å²) in [5.74, 6) is -0.134. The van der Waals surface area contributed by atoms with Crippen molar-refractivity contribution in [2.24, 2.45) is 0 Å². The zero-order chi connectivity index (χ0) is 11.7. The number of carbonyl (C=O) groups is 1. The molecule has 0 bridgehead atoms. The summed E-state index contributed by atoms with van der Waals surface area (Å²) in [6.07, 6.45) is 0.211. The number of nitrogens with zero attached hydrogens (tertiary/aromatic N) is 1. The van der Waals surface area contributed by atoms with Crippen molar-refractivity contribution in [3.05, 3.63) is 28.8 Å². The quantitative estimate of drug-likeness (QED) is 0.724. The van der Waals surface area contributed by atoms with Gasteiger partial charge in [0.15, 0.2) is 0 Å². The molecule has 86 valence electrons.